The molecule has 23 heavy (non-hydrogen) atoms. The summed E-state index contributed by atoms with van der Waals surface area (Å²) in [5.74, 6) is -0.0603. The van der Waals surface area contributed by atoms with Crippen LogP contribution in [0.5, 0.6) is 0 Å². The first-order valence-corrected chi connectivity index (χ1v) is 6.78. The highest BCUT2D eigenvalue weighted by Crippen LogP contribution is 2.41. The van der Waals surface area contributed by atoms with Gasteiger partial charge in [-0.2, -0.15) is 4.99 Å². The van der Waals surface area contributed by atoms with Crippen molar-refractivity contribution in [3.8, 4) is 0 Å². The molecule has 1 amide bonds. The van der Waals surface area contributed by atoms with Crippen molar-refractivity contribution < 1.29 is 14.1 Å². The topological polar surface area (TPSA) is 92.2 Å². The quantitative estimate of drug-likeness (QED) is 0.480. The van der Waals surface area contributed by atoms with Crippen molar-refractivity contribution in [1.82, 2.24) is 0 Å². The summed E-state index contributed by atoms with van der Waals surface area (Å²) in [5.41, 5.74) is 2.04. The van der Waals surface area contributed by atoms with Gasteiger partial charge in [0.05, 0.1) is 17.4 Å². The van der Waals surface area contributed by atoms with Gasteiger partial charge in [0.25, 0.3) is 5.91 Å². The van der Waals surface area contributed by atoms with E-state index in [0.29, 0.717) is 11.7 Å². The molecule has 0 saturated carbocycles. The summed E-state index contributed by atoms with van der Waals surface area (Å²) in [6.07, 6.45) is 1.46. The zero-order chi connectivity index (χ0) is 16.1. The molecule has 0 spiro atoms. The van der Waals surface area contributed by atoms with Crippen molar-refractivity contribution in [2.45, 2.75) is 0 Å². The van der Waals surface area contributed by atoms with E-state index in [0.717, 1.165) is 11.4 Å². The molecule has 2 aromatic rings. The van der Waals surface area contributed by atoms with Gasteiger partial charge in [-0.1, -0.05) is 12.1 Å². The van der Waals surface area contributed by atoms with Crippen molar-refractivity contribution in [2.75, 3.05) is 16.8 Å². The summed E-state index contributed by atoms with van der Waals surface area (Å²) >= 11 is 0. The Morgan fingerprint density at radius 1 is 1.22 bits per heavy atom. The van der Waals surface area contributed by atoms with Crippen LogP contribution >= 0.6 is 0 Å². The average Bonchev–Trinajstić information content (AvgIpc) is 3.19. The first-order valence-electron chi connectivity index (χ1n) is 6.78. The Bertz CT molecular complexity index is 912. The van der Waals surface area contributed by atoms with Crippen LogP contribution < -0.4 is 9.80 Å². The van der Waals surface area contributed by atoms with Gasteiger partial charge >= 0.3 is 5.88 Å². The van der Waals surface area contributed by atoms with Gasteiger partial charge in [-0.15, -0.1) is 0 Å². The van der Waals surface area contributed by atoms with E-state index >= 15 is 0 Å². The van der Waals surface area contributed by atoms with Crippen molar-refractivity contribution in [2.24, 2.45) is 4.99 Å². The molecule has 0 unspecified atom stereocenters. The Balaban J connectivity index is 1.80. The van der Waals surface area contributed by atoms with Crippen molar-refractivity contribution in [3.05, 3.63) is 58.0 Å². The third-order valence-electron chi connectivity index (χ3n) is 3.72. The number of fused-ring (bicyclic) bond motifs is 3. The van der Waals surface area contributed by atoms with Crippen LogP contribution in [0.15, 0.2) is 51.5 Å². The number of carbonyl (C=O) groups is 1. The lowest BCUT2D eigenvalue weighted by atomic mass is 10.2. The molecule has 2 aliphatic heterocycles. The van der Waals surface area contributed by atoms with Crippen molar-refractivity contribution in [1.29, 1.82) is 0 Å². The number of aliphatic imine (C=N–C) groups is 1. The molecule has 1 aromatic heterocycles. The van der Waals surface area contributed by atoms with Gasteiger partial charge in [0, 0.05) is 13.1 Å². The zero-order valence-corrected chi connectivity index (χ0v) is 12.0. The molecule has 0 fully saturated rings. The lowest BCUT2D eigenvalue weighted by Gasteiger charge is -2.14. The van der Waals surface area contributed by atoms with Crippen LogP contribution in [0.4, 0.5) is 17.3 Å². The number of amides is 1. The van der Waals surface area contributed by atoms with E-state index in [1.807, 2.05) is 36.2 Å². The fourth-order valence-electron chi connectivity index (χ4n) is 2.69. The number of carbonyl (C=O) groups excluding carboxylic acids is 1. The summed E-state index contributed by atoms with van der Waals surface area (Å²) in [6, 6.07) is 10.3. The van der Waals surface area contributed by atoms with Gasteiger partial charge in [0.15, 0.2) is 0 Å². The lowest BCUT2D eigenvalue weighted by Crippen LogP contribution is -2.31. The maximum atomic E-state index is 12.2. The molecule has 0 saturated heterocycles. The first kappa shape index (κ1) is 13.3. The monoisotopic (exact) mass is 310 g/mol. The van der Waals surface area contributed by atoms with E-state index in [1.165, 1.54) is 18.2 Å². The Morgan fingerprint density at radius 2 is 1.96 bits per heavy atom. The smallest absolute Gasteiger partial charge is 0.401 e. The zero-order valence-electron chi connectivity index (χ0n) is 12.0. The number of para-hydroxylation sites is 2. The molecule has 2 aliphatic rings. The highest BCUT2D eigenvalue weighted by atomic mass is 16.6. The van der Waals surface area contributed by atoms with Crippen LogP contribution in [0.25, 0.3) is 6.08 Å². The second-order valence-corrected chi connectivity index (χ2v) is 5.06. The molecular weight excluding hydrogens is 300 g/mol. The van der Waals surface area contributed by atoms with Gasteiger partial charge in [-0.05, 0) is 18.2 Å². The maximum absolute atomic E-state index is 12.2. The summed E-state index contributed by atoms with van der Waals surface area (Å²) in [5, 5.41) is 10.7. The van der Waals surface area contributed by atoms with Gasteiger partial charge in [-0.25, -0.2) is 0 Å². The van der Waals surface area contributed by atoms with E-state index in [-0.39, 0.29) is 11.6 Å². The predicted molar refractivity (Wildman–Crippen MR) is 83.1 cm³/mol. The molecule has 4 rings (SSSR count). The molecule has 0 aliphatic carbocycles. The molecule has 1 aromatic carbocycles. The van der Waals surface area contributed by atoms with Crippen LogP contribution in [0.2, 0.25) is 0 Å². The van der Waals surface area contributed by atoms with Gasteiger partial charge in [0.1, 0.15) is 16.4 Å². The van der Waals surface area contributed by atoms with E-state index in [1.54, 1.807) is 4.90 Å². The summed E-state index contributed by atoms with van der Waals surface area (Å²) in [6.45, 7) is 0. The fourth-order valence-corrected chi connectivity index (χ4v) is 2.69. The Kier molecular flexibility index (Phi) is 2.61. The molecule has 0 N–H and O–H groups in total. The number of rotatable bonds is 2. The minimum absolute atomic E-state index is 0.225. The van der Waals surface area contributed by atoms with Crippen LogP contribution in [0.1, 0.15) is 5.76 Å². The fraction of sp³-hybridized carbons (Fsp3) is 0.0667. The van der Waals surface area contributed by atoms with E-state index in [2.05, 4.69) is 4.99 Å². The van der Waals surface area contributed by atoms with Crippen LogP contribution in [0, 0.1) is 10.1 Å². The third-order valence-corrected chi connectivity index (χ3v) is 3.72. The van der Waals surface area contributed by atoms with Gasteiger partial charge < -0.3 is 9.32 Å². The van der Waals surface area contributed by atoms with Crippen molar-refractivity contribution >= 4 is 35.2 Å². The molecule has 0 bridgehead atoms. The number of nitro groups is 1. The maximum Gasteiger partial charge on any atom is 0.433 e. The summed E-state index contributed by atoms with van der Waals surface area (Å²) < 4.78 is 5.10. The first-order chi connectivity index (χ1) is 11.1. The van der Waals surface area contributed by atoms with Crippen LogP contribution in [0.3, 0.4) is 0 Å². The average molecular weight is 310 g/mol. The summed E-state index contributed by atoms with van der Waals surface area (Å²) in [7, 11) is 1.83. The van der Waals surface area contributed by atoms with Gasteiger partial charge in [-0.3, -0.25) is 19.8 Å². The SMILES string of the molecule is CN1C2=NC(=O)C(=Cc3ccc([N+](=O)[O-])o3)N2c2ccccc21. The normalized spacial score (nSPS) is 17.5. The standard InChI is InChI=1S/C15H10N4O4/c1-17-10-4-2-3-5-11(10)18-12(14(20)16-15(17)18)8-9-6-7-13(23-9)19(21)22/h2-8H,1H3. The largest absolute Gasteiger partial charge is 0.433 e. The highest BCUT2D eigenvalue weighted by molar-refractivity contribution is 6.30. The molecule has 0 atom stereocenters. The number of hydrogen-bond donors (Lipinski definition) is 0. The highest BCUT2D eigenvalue weighted by Gasteiger charge is 2.40. The minimum atomic E-state index is -0.626. The second kappa shape index (κ2) is 4.54. The summed E-state index contributed by atoms with van der Waals surface area (Å²) in [4.78, 5) is 29.8. The van der Waals surface area contributed by atoms with Crippen LogP contribution in [-0.2, 0) is 4.79 Å². The molecule has 8 heteroatoms. The Labute approximate surface area is 130 Å². The Morgan fingerprint density at radius 3 is 2.65 bits per heavy atom. The molecule has 8 nitrogen and oxygen atoms in total. The minimum Gasteiger partial charge on any atom is -0.401 e. The number of benzene rings is 1. The van der Waals surface area contributed by atoms with Crippen LogP contribution in [-0.4, -0.2) is 23.8 Å². The molecule has 3 heterocycles. The Hall–Kier alpha value is -3.42. The van der Waals surface area contributed by atoms with E-state index in [4.69, 9.17) is 4.42 Å². The predicted octanol–water partition coefficient (Wildman–Crippen LogP) is 2.38. The van der Waals surface area contributed by atoms with E-state index < -0.39 is 10.8 Å². The number of nitrogens with zero attached hydrogens (tertiary/aromatic N) is 4. The van der Waals surface area contributed by atoms with Gasteiger partial charge in [0.2, 0.25) is 5.96 Å². The van der Waals surface area contributed by atoms with Crippen molar-refractivity contribution in [3.63, 3.8) is 0 Å². The molecule has 114 valence electrons. The molecular formula is C15H10N4O4. The lowest BCUT2D eigenvalue weighted by molar-refractivity contribution is -0.402. The number of anilines is 2. The number of hydrogen-bond acceptors (Lipinski definition) is 6. The third kappa shape index (κ3) is 1.85. The number of guanidine groups is 1. The second-order valence-electron chi connectivity index (χ2n) is 5.06. The molecule has 0 radical (unpaired) electrons. The number of furan rings is 1. The van der Waals surface area contributed by atoms with E-state index in [9.17, 15) is 14.9 Å².